The molecule has 0 saturated carbocycles. The second kappa shape index (κ2) is 2.87. The summed E-state index contributed by atoms with van der Waals surface area (Å²) in [5.74, 6) is 0.442. The molecule has 2 N–H and O–H groups in total. The highest BCUT2D eigenvalue weighted by atomic mass is 79.9. The lowest BCUT2D eigenvalue weighted by atomic mass is 10.9. The summed E-state index contributed by atoms with van der Waals surface area (Å²) in [6, 6.07) is 0. The number of halogens is 1. The molecule has 2 heterocycles. The molecule has 0 aromatic carbocycles. The maximum Gasteiger partial charge on any atom is 0.207 e. The minimum atomic E-state index is 0.442. The van der Waals surface area contributed by atoms with Gasteiger partial charge in [0, 0.05) is 17.8 Å². The smallest absolute Gasteiger partial charge is 0.207 e. The molecule has 0 bridgehead atoms. The summed E-state index contributed by atoms with van der Waals surface area (Å²) >= 11 is 4.75. The largest absolute Gasteiger partial charge is 0.369 e. The predicted molar refractivity (Wildman–Crippen MR) is 51.3 cm³/mol. The molecule has 12 heavy (non-hydrogen) atoms. The molecule has 0 aliphatic carbocycles. The molecule has 6 heteroatoms. The number of nitrogens with two attached hydrogens (primary N) is 1. The first kappa shape index (κ1) is 7.75. The normalized spacial score (nSPS) is 10.4. The SMILES string of the molecule is Nc1nc(Br)cn1-c1nccs1. The fourth-order valence-electron chi connectivity index (χ4n) is 0.853. The van der Waals surface area contributed by atoms with E-state index in [1.54, 1.807) is 17.0 Å². The molecule has 0 spiro atoms. The zero-order valence-corrected chi connectivity index (χ0v) is 8.34. The van der Waals surface area contributed by atoms with Gasteiger partial charge in [-0.1, -0.05) is 0 Å². The van der Waals surface area contributed by atoms with Crippen molar-refractivity contribution >= 4 is 33.2 Å². The number of nitrogen functional groups attached to an aromatic ring is 1. The Bertz CT molecular complexity index is 380. The van der Waals surface area contributed by atoms with Crippen molar-refractivity contribution in [2.75, 3.05) is 5.73 Å². The Kier molecular flexibility index (Phi) is 1.86. The first-order valence-electron chi connectivity index (χ1n) is 3.17. The van der Waals surface area contributed by atoms with E-state index < -0.39 is 0 Å². The molecule has 0 fully saturated rings. The lowest BCUT2D eigenvalue weighted by Crippen LogP contribution is -1.98. The summed E-state index contributed by atoms with van der Waals surface area (Å²) < 4.78 is 2.45. The second-order valence-corrected chi connectivity index (χ2v) is 3.79. The molecule has 2 aromatic rings. The van der Waals surface area contributed by atoms with E-state index in [1.807, 2.05) is 5.38 Å². The fraction of sp³-hybridized carbons (Fsp3) is 0. The Morgan fingerprint density at radius 2 is 2.42 bits per heavy atom. The van der Waals surface area contributed by atoms with Crippen LogP contribution in [-0.4, -0.2) is 14.5 Å². The van der Waals surface area contributed by atoms with Gasteiger partial charge in [-0.05, 0) is 15.9 Å². The lowest BCUT2D eigenvalue weighted by Gasteiger charge is -1.95. The van der Waals surface area contributed by atoms with Crippen molar-refractivity contribution in [1.82, 2.24) is 14.5 Å². The number of hydrogen-bond donors (Lipinski definition) is 1. The van der Waals surface area contributed by atoms with E-state index in [1.165, 1.54) is 11.3 Å². The van der Waals surface area contributed by atoms with Gasteiger partial charge in [-0.15, -0.1) is 11.3 Å². The van der Waals surface area contributed by atoms with Gasteiger partial charge >= 0.3 is 0 Å². The number of anilines is 1. The molecule has 0 atom stereocenters. The standard InChI is InChI=1S/C6H5BrN4S/c7-4-3-11(5(8)10-4)6-9-1-2-12-6/h1-3H,(H2,8,10). The Hall–Kier alpha value is -0.880. The maximum atomic E-state index is 5.62. The minimum absolute atomic E-state index is 0.442. The quantitative estimate of drug-likeness (QED) is 0.831. The zero-order valence-electron chi connectivity index (χ0n) is 5.94. The van der Waals surface area contributed by atoms with E-state index in [4.69, 9.17) is 5.73 Å². The average Bonchev–Trinajstić information content (AvgIpc) is 2.58. The van der Waals surface area contributed by atoms with Crippen LogP contribution in [0, 0.1) is 0 Å². The summed E-state index contributed by atoms with van der Waals surface area (Å²) in [6.07, 6.45) is 3.52. The number of aromatic nitrogens is 3. The highest BCUT2D eigenvalue weighted by Crippen LogP contribution is 2.18. The number of imidazole rings is 1. The van der Waals surface area contributed by atoms with Gasteiger partial charge < -0.3 is 5.73 Å². The molecule has 0 aliphatic heterocycles. The van der Waals surface area contributed by atoms with Crippen LogP contribution in [0.2, 0.25) is 0 Å². The molecule has 0 radical (unpaired) electrons. The average molecular weight is 245 g/mol. The van der Waals surface area contributed by atoms with Crippen LogP contribution in [0.25, 0.3) is 5.13 Å². The van der Waals surface area contributed by atoms with Gasteiger partial charge in [-0.3, -0.25) is 4.57 Å². The van der Waals surface area contributed by atoms with Crippen LogP contribution in [0.3, 0.4) is 0 Å². The van der Waals surface area contributed by atoms with E-state index in [0.29, 0.717) is 5.95 Å². The molecule has 0 aliphatic rings. The first-order valence-corrected chi connectivity index (χ1v) is 4.85. The summed E-state index contributed by atoms with van der Waals surface area (Å²) in [5.41, 5.74) is 5.62. The Balaban J connectivity index is 2.54. The van der Waals surface area contributed by atoms with Crippen molar-refractivity contribution in [2.45, 2.75) is 0 Å². The van der Waals surface area contributed by atoms with Crippen molar-refractivity contribution < 1.29 is 0 Å². The molecular formula is C6H5BrN4S. The fourth-order valence-corrected chi connectivity index (χ4v) is 1.86. The summed E-state index contributed by atoms with van der Waals surface area (Å²) in [4.78, 5) is 8.09. The van der Waals surface area contributed by atoms with E-state index >= 15 is 0 Å². The van der Waals surface area contributed by atoms with Crippen molar-refractivity contribution in [2.24, 2.45) is 0 Å². The third-order valence-electron chi connectivity index (χ3n) is 1.33. The summed E-state index contributed by atoms with van der Waals surface area (Å²) in [6.45, 7) is 0. The minimum Gasteiger partial charge on any atom is -0.369 e. The van der Waals surface area contributed by atoms with Crippen LogP contribution < -0.4 is 5.73 Å². The highest BCUT2D eigenvalue weighted by molar-refractivity contribution is 9.10. The molecule has 0 amide bonds. The van der Waals surface area contributed by atoms with Gasteiger partial charge in [-0.25, -0.2) is 9.97 Å². The van der Waals surface area contributed by atoms with Crippen LogP contribution in [0.1, 0.15) is 0 Å². The Morgan fingerprint density at radius 3 is 2.92 bits per heavy atom. The predicted octanol–water partition coefficient (Wildman–Crippen LogP) is 1.67. The third-order valence-corrected chi connectivity index (χ3v) is 2.48. The maximum absolute atomic E-state index is 5.62. The van der Waals surface area contributed by atoms with E-state index in [2.05, 4.69) is 25.9 Å². The van der Waals surface area contributed by atoms with Crippen molar-refractivity contribution in [1.29, 1.82) is 0 Å². The van der Waals surface area contributed by atoms with Crippen LogP contribution in [0.15, 0.2) is 22.4 Å². The van der Waals surface area contributed by atoms with E-state index in [-0.39, 0.29) is 0 Å². The van der Waals surface area contributed by atoms with Gasteiger partial charge in [0.2, 0.25) is 5.95 Å². The molecule has 62 valence electrons. The monoisotopic (exact) mass is 244 g/mol. The summed E-state index contributed by atoms with van der Waals surface area (Å²) in [7, 11) is 0. The van der Waals surface area contributed by atoms with Crippen LogP contribution in [0.4, 0.5) is 5.95 Å². The van der Waals surface area contributed by atoms with Crippen molar-refractivity contribution in [3.63, 3.8) is 0 Å². The highest BCUT2D eigenvalue weighted by Gasteiger charge is 2.05. The number of nitrogens with zero attached hydrogens (tertiary/aromatic N) is 3. The van der Waals surface area contributed by atoms with Crippen LogP contribution in [0.5, 0.6) is 0 Å². The zero-order chi connectivity index (χ0) is 8.55. The van der Waals surface area contributed by atoms with Gasteiger partial charge in [-0.2, -0.15) is 0 Å². The third kappa shape index (κ3) is 1.23. The molecular weight excluding hydrogens is 240 g/mol. The van der Waals surface area contributed by atoms with Gasteiger partial charge in [0.25, 0.3) is 0 Å². The van der Waals surface area contributed by atoms with E-state index in [0.717, 1.165) is 9.73 Å². The van der Waals surface area contributed by atoms with Gasteiger partial charge in [0.05, 0.1) is 0 Å². The molecule has 2 aromatic heterocycles. The van der Waals surface area contributed by atoms with Crippen LogP contribution >= 0.6 is 27.3 Å². The van der Waals surface area contributed by atoms with Gasteiger partial charge in [0.1, 0.15) is 4.60 Å². The Labute approximate surface area is 81.2 Å². The number of thiazole rings is 1. The first-order chi connectivity index (χ1) is 5.77. The molecule has 0 unspecified atom stereocenters. The van der Waals surface area contributed by atoms with Gasteiger partial charge in [0.15, 0.2) is 5.13 Å². The molecule has 4 nitrogen and oxygen atoms in total. The van der Waals surface area contributed by atoms with E-state index in [9.17, 15) is 0 Å². The number of rotatable bonds is 1. The van der Waals surface area contributed by atoms with Crippen molar-refractivity contribution in [3.05, 3.63) is 22.4 Å². The molecule has 2 rings (SSSR count). The topological polar surface area (TPSA) is 56.7 Å². The lowest BCUT2D eigenvalue weighted by molar-refractivity contribution is 1.05. The Morgan fingerprint density at radius 1 is 1.58 bits per heavy atom. The molecule has 0 saturated heterocycles. The van der Waals surface area contributed by atoms with Crippen molar-refractivity contribution in [3.8, 4) is 5.13 Å². The number of hydrogen-bond acceptors (Lipinski definition) is 4. The summed E-state index contributed by atoms with van der Waals surface area (Å²) in [5, 5.41) is 2.72. The second-order valence-electron chi connectivity index (χ2n) is 2.11. The van der Waals surface area contributed by atoms with Crippen LogP contribution in [-0.2, 0) is 0 Å².